The van der Waals surface area contributed by atoms with Crippen LogP contribution in [0.4, 0.5) is 0 Å². The summed E-state index contributed by atoms with van der Waals surface area (Å²) in [5, 5.41) is 10.3. The van der Waals surface area contributed by atoms with Crippen LogP contribution in [-0.2, 0) is 11.3 Å². The molecule has 6 heteroatoms. The second-order valence-corrected chi connectivity index (χ2v) is 5.83. The minimum Gasteiger partial charge on any atom is -0.478 e. The van der Waals surface area contributed by atoms with Gasteiger partial charge in [0.15, 0.2) is 0 Å². The lowest BCUT2D eigenvalue weighted by atomic mass is 10.2. The molecule has 0 aliphatic rings. The normalized spacial score (nSPS) is 11.0. The van der Waals surface area contributed by atoms with Gasteiger partial charge in [0.25, 0.3) is 0 Å². The van der Waals surface area contributed by atoms with E-state index in [0.717, 1.165) is 27.0 Å². The summed E-state index contributed by atoms with van der Waals surface area (Å²) in [5.41, 5.74) is 2.91. The van der Waals surface area contributed by atoms with Crippen molar-refractivity contribution in [2.45, 2.75) is 27.3 Å². The van der Waals surface area contributed by atoms with E-state index in [1.807, 2.05) is 25.3 Å². The maximum atomic E-state index is 11.3. The molecule has 2 heterocycles. The minimum atomic E-state index is -0.904. The molecule has 0 radical (unpaired) electrons. The highest BCUT2D eigenvalue weighted by Gasteiger charge is 2.20. The number of aromatic carboxylic acids is 1. The van der Waals surface area contributed by atoms with Gasteiger partial charge in [-0.05, 0) is 26.8 Å². The van der Waals surface area contributed by atoms with Crippen LogP contribution in [-0.4, -0.2) is 34.3 Å². The molecule has 0 fully saturated rings. The van der Waals surface area contributed by atoms with Gasteiger partial charge in [-0.15, -0.1) is 11.3 Å². The van der Waals surface area contributed by atoms with Crippen molar-refractivity contribution in [1.82, 2.24) is 9.55 Å². The smallest absolute Gasteiger partial charge is 0.337 e. The number of rotatable bonds is 5. The molecule has 5 nitrogen and oxygen atoms in total. The summed E-state index contributed by atoms with van der Waals surface area (Å²) in [4.78, 5) is 16.8. The number of aryl methyl sites for hydroxylation is 2. The maximum absolute atomic E-state index is 11.3. The Bertz CT molecular complexity index is 643. The Morgan fingerprint density at radius 3 is 2.65 bits per heavy atom. The highest BCUT2D eigenvalue weighted by atomic mass is 32.1. The predicted octanol–water partition coefficient (Wildman–Crippen LogP) is 2.88. The van der Waals surface area contributed by atoms with Crippen LogP contribution < -0.4 is 0 Å². The Balaban J connectivity index is 2.58. The van der Waals surface area contributed by atoms with Crippen molar-refractivity contribution in [2.75, 3.05) is 13.7 Å². The number of aromatic nitrogens is 2. The first-order chi connectivity index (χ1) is 9.45. The summed E-state index contributed by atoms with van der Waals surface area (Å²) in [6, 6.07) is 1.73. The SMILES string of the molecule is COCCn1c(-c2sc(C)nc2C)cc(C(=O)O)c1C. The molecule has 0 saturated heterocycles. The fourth-order valence-corrected chi connectivity index (χ4v) is 3.23. The highest BCUT2D eigenvalue weighted by Crippen LogP contribution is 2.33. The maximum Gasteiger partial charge on any atom is 0.337 e. The van der Waals surface area contributed by atoms with Gasteiger partial charge >= 0.3 is 5.97 Å². The van der Waals surface area contributed by atoms with Gasteiger partial charge in [0.1, 0.15) is 0 Å². The first-order valence-corrected chi connectivity index (χ1v) is 7.14. The topological polar surface area (TPSA) is 64.4 Å². The predicted molar refractivity (Wildman–Crippen MR) is 78.6 cm³/mol. The van der Waals surface area contributed by atoms with Crippen molar-refractivity contribution in [3.63, 3.8) is 0 Å². The van der Waals surface area contributed by atoms with Crippen molar-refractivity contribution in [1.29, 1.82) is 0 Å². The standard InChI is InChI=1S/C14H18N2O3S/c1-8-13(20-10(3)15-8)12-7-11(14(17)18)9(2)16(12)5-6-19-4/h7H,5-6H2,1-4H3,(H,17,18). The zero-order valence-electron chi connectivity index (χ0n) is 12.1. The van der Waals surface area contributed by atoms with Crippen molar-refractivity contribution in [3.8, 4) is 10.6 Å². The summed E-state index contributed by atoms with van der Waals surface area (Å²) < 4.78 is 7.11. The van der Waals surface area contributed by atoms with Crippen LogP contribution in [0.5, 0.6) is 0 Å². The summed E-state index contributed by atoms with van der Waals surface area (Å²) in [6.07, 6.45) is 0. The van der Waals surface area contributed by atoms with Crippen LogP contribution in [0, 0.1) is 20.8 Å². The molecule has 0 aromatic carbocycles. The van der Waals surface area contributed by atoms with Crippen molar-refractivity contribution in [3.05, 3.63) is 28.0 Å². The first-order valence-electron chi connectivity index (χ1n) is 6.32. The zero-order valence-corrected chi connectivity index (χ0v) is 12.9. The molecule has 0 atom stereocenters. The Morgan fingerprint density at radius 1 is 1.45 bits per heavy atom. The van der Waals surface area contributed by atoms with E-state index in [1.165, 1.54) is 0 Å². The fourth-order valence-electron chi connectivity index (χ4n) is 2.29. The number of methoxy groups -OCH3 is 1. The van der Waals surface area contributed by atoms with Gasteiger partial charge in [0.05, 0.1) is 33.4 Å². The highest BCUT2D eigenvalue weighted by molar-refractivity contribution is 7.15. The molecule has 108 valence electrons. The number of nitrogens with zero attached hydrogens (tertiary/aromatic N) is 2. The van der Waals surface area contributed by atoms with Gasteiger partial charge in [0.2, 0.25) is 0 Å². The summed E-state index contributed by atoms with van der Waals surface area (Å²) in [7, 11) is 1.64. The second-order valence-electron chi connectivity index (χ2n) is 4.63. The number of carboxylic acid groups (broad SMARTS) is 1. The van der Waals surface area contributed by atoms with Crippen molar-refractivity contribution >= 4 is 17.3 Å². The fraction of sp³-hybridized carbons (Fsp3) is 0.429. The number of ether oxygens (including phenoxy) is 1. The van der Waals surface area contributed by atoms with Gasteiger partial charge in [-0.2, -0.15) is 0 Å². The van der Waals surface area contributed by atoms with E-state index in [4.69, 9.17) is 4.74 Å². The molecule has 0 saturated carbocycles. The molecule has 2 aromatic heterocycles. The average Bonchev–Trinajstić information content (AvgIpc) is 2.87. The molecule has 0 unspecified atom stereocenters. The number of carboxylic acids is 1. The Morgan fingerprint density at radius 2 is 2.15 bits per heavy atom. The van der Waals surface area contributed by atoms with Crippen LogP contribution in [0.15, 0.2) is 6.07 Å². The van der Waals surface area contributed by atoms with E-state index in [-0.39, 0.29) is 0 Å². The van der Waals surface area contributed by atoms with Crippen LogP contribution in [0.1, 0.15) is 26.8 Å². The van der Waals surface area contributed by atoms with Crippen LogP contribution in [0.25, 0.3) is 10.6 Å². The molecule has 2 rings (SSSR count). The molecular weight excluding hydrogens is 276 g/mol. The zero-order chi connectivity index (χ0) is 14.9. The molecule has 2 aromatic rings. The summed E-state index contributed by atoms with van der Waals surface area (Å²) in [6.45, 7) is 6.89. The number of thiazole rings is 1. The van der Waals surface area contributed by atoms with E-state index in [0.29, 0.717) is 18.7 Å². The lowest BCUT2D eigenvalue weighted by Crippen LogP contribution is -2.08. The molecule has 20 heavy (non-hydrogen) atoms. The van der Waals surface area contributed by atoms with Gasteiger partial charge in [-0.25, -0.2) is 9.78 Å². The van der Waals surface area contributed by atoms with Gasteiger partial charge in [-0.3, -0.25) is 0 Å². The van der Waals surface area contributed by atoms with Gasteiger partial charge < -0.3 is 14.4 Å². The van der Waals surface area contributed by atoms with E-state index >= 15 is 0 Å². The van der Waals surface area contributed by atoms with E-state index < -0.39 is 5.97 Å². The quantitative estimate of drug-likeness (QED) is 0.921. The number of hydrogen-bond donors (Lipinski definition) is 1. The third kappa shape index (κ3) is 2.62. The van der Waals surface area contributed by atoms with Gasteiger partial charge in [0, 0.05) is 19.3 Å². The third-order valence-electron chi connectivity index (χ3n) is 3.25. The molecule has 1 N–H and O–H groups in total. The van der Waals surface area contributed by atoms with E-state index in [9.17, 15) is 9.90 Å². The van der Waals surface area contributed by atoms with E-state index in [2.05, 4.69) is 4.98 Å². The molecule has 0 aliphatic heterocycles. The monoisotopic (exact) mass is 294 g/mol. The molecule has 0 amide bonds. The Hall–Kier alpha value is -1.66. The van der Waals surface area contributed by atoms with Crippen LogP contribution in [0.2, 0.25) is 0 Å². The summed E-state index contributed by atoms with van der Waals surface area (Å²) >= 11 is 1.58. The third-order valence-corrected chi connectivity index (χ3v) is 4.35. The van der Waals surface area contributed by atoms with Crippen molar-refractivity contribution in [2.24, 2.45) is 0 Å². The first kappa shape index (κ1) is 14.7. The molecular formula is C14H18N2O3S. The van der Waals surface area contributed by atoms with Gasteiger partial charge in [-0.1, -0.05) is 0 Å². The summed E-state index contributed by atoms with van der Waals surface area (Å²) in [5.74, 6) is -0.904. The molecule has 0 aliphatic carbocycles. The second kappa shape index (κ2) is 5.76. The largest absolute Gasteiger partial charge is 0.478 e. The van der Waals surface area contributed by atoms with Crippen LogP contribution in [0.3, 0.4) is 0 Å². The number of hydrogen-bond acceptors (Lipinski definition) is 4. The van der Waals surface area contributed by atoms with Crippen molar-refractivity contribution < 1.29 is 14.6 Å². The van der Waals surface area contributed by atoms with Crippen LogP contribution >= 0.6 is 11.3 Å². The lowest BCUT2D eigenvalue weighted by molar-refractivity contribution is 0.0696. The lowest BCUT2D eigenvalue weighted by Gasteiger charge is -2.10. The average molecular weight is 294 g/mol. The molecule has 0 spiro atoms. The Labute approximate surface area is 121 Å². The number of carbonyl (C=O) groups is 1. The van der Waals surface area contributed by atoms with E-state index in [1.54, 1.807) is 24.5 Å². The Kier molecular flexibility index (Phi) is 4.25. The molecule has 0 bridgehead atoms. The minimum absolute atomic E-state index is 0.335.